The van der Waals surface area contributed by atoms with Crippen LogP contribution < -0.4 is 10.0 Å². The highest BCUT2D eigenvalue weighted by atomic mass is 35.5. The van der Waals surface area contributed by atoms with Gasteiger partial charge in [0, 0.05) is 30.8 Å². The Morgan fingerprint density at radius 2 is 1.47 bits per heavy atom. The van der Waals surface area contributed by atoms with E-state index in [2.05, 4.69) is 10.0 Å². The van der Waals surface area contributed by atoms with Gasteiger partial charge in [-0.25, -0.2) is 13.1 Å². The van der Waals surface area contributed by atoms with Crippen LogP contribution in [-0.4, -0.2) is 25.9 Å². The molecule has 0 aliphatic rings. The van der Waals surface area contributed by atoms with Crippen LogP contribution in [0.2, 0.25) is 0 Å². The van der Waals surface area contributed by atoms with Crippen molar-refractivity contribution in [2.75, 3.05) is 6.54 Å². The van der Waals surface area contributed by atoms with Gasteiger partial charge in [0.05, 0.1) is 9.82 Å². The van der Waals surface area contributed by atoms with Crippen LogP contribution >= 0.6 is 12.4 Å². The lowest BCUT2D eigenvalue weighted by molar-refractivity contribution is -0.384. The van der Waals surface area contributed by atoms with Crippen molar-refractivity contribution in [3.05, 3.63) is 106 Å². The first kappa shape index (κ1) is 25.5. The Bertz CT molecular complexity index is 1100. The predicted octanol–water partition coefficient (Wildman–Crippen LogP) is 4.26. The lowest BCUT2D eigenvalue weighted by Crippen LogP contribution is -2.44. The molecule has 0 heterocycles. The SMILES string of the molecule is CC(NCC(Cc1ccccc1)NS(=O)(=O)c1ccc([N+](=O)[O-])cc1)c1ccccc1.Cl. The lowest BCUT2D eigenvalue weighted by atomic mass is 10.1. The summed E-state index contributed by atoms with van der Waals surface area (Å²) in [5.41, 5.74) is 1.96. The van der Waals surface area contributed by atoms with Crippen molar-refractivity contribution in [1.82, 2.24) is 10.0 Å². The fraction of sp³-hybridized carbons (Fsp3) is 0.217. The highest BCUT2D eigenvalue weighted by Crippen LogP contribution is 2.17. The quantitative estimate of drug-likeness (QED) is 0.337. The Labute approximate surface area is 194 Å². The van der Waals surface area contributed by atoms with E-state index < -0.39 is 21.0 Å². The Morgan fingerprint density at radius 1 is 0.906 bits per heavy atom. The smallest absolute Gasteiger partial charge is 0.269 e. The van der Waals surface area contributed by atoms with E-state index in [9.17, 15) is 18.5 Å². The molecule has 7 nitrogen and oxygen atoms in total. The molecule has 9 heteroatoms. The summed E-state index contributed by atoms with van der Waals surface area (Å²) in [6.07, 6.45) is 0.502. The monoisotopic (exact) mass is 475 g/mol. The summed E-state index contributed by atoms with van der Waals surface area (Å²) in [6.45, 7) is 2.44. The summed E-state index contributed by atoms with van der Waals surface area (Å²) in [7, 11) is -3.85. The molecule has 0 saturated heterocycles. The molecule has 0 aliphatic heterocycles. The molecule has 0 amide bonds. The van der Waals surface area contributed by atoms with Crippen molar-refractivity contribution in [2.45, 2.75) is 30.3 Å². The highest BCUT2D eigenvalue weighted by molar-refractivity contribution is 7.89. The zero-order valence-electron chi connectivity index (χ0n) is 17.5. The van der Waals surface area contributed by atoms with Crippen LogP contribution in [0.1, 0.15) is 24.1 Å². The van der Waals surface area contributed by atoms with Gasteiger partial charge in [-0.05, 0) is 36.6 Å². The Morgan fingerprint density at radius 3 is 2.03 bits per heavy atom. The number of benzene rings is 3. The summed E-state index contributed by atoms with van der Waals surface area (Å²) in [5.74, 6) is 0. The van der Waals surface area contributed by atoms with Gasteiger partial charge in [0.15, 0.2) is 0 Å². The summed E-state index contributed by atoms with van der Waals surface area (Å²) in [6, 6.07) is 24.1. The number of non-ortho nitro benzene ring substituents is 1. The largest absolute Gasteiger partial charge is 0.309 e. The van der Waals surface area contributed by atoms with E-state index in [1.807, 2.05) is 67.6 Å². The fourth-order valence-corrected chi connectivity index (χ4v) is 4.50. The van der Waals surface area contributed by atoms with Gasteiger partial charge >= 0.3 is 0 Å². The highest BCUT2D eigenvalue weighted by Gasteiger charge is 2.22. The Balaban J connectivity index is 0.00000363. The second-order valence-corrected chi connectivity index (χ2v) is 9.01. The molecule has 0 aromatic heterocycles. The molecule has 2 atom stereocenters. The maximum Gasteiger partial charge on any atom is 0.269 e. The van der Waals surface area contributed by atoms with Crippen LogP contribution in [-0.2, 0) is 16.4 Å². The summed E-state index contributed by atoms with van der Waals surface area (Å²) >= 11 is 0. The topological polar surface area (TPSA) is 101 Å². The molecule has 3 aromatic rings. The van der Waals surface area contributed by atoms with E-state index in [1.54, 1.807) is 0 Å². The van der Waals surface area contributed by atoms with E-state index in [1.165, 1.54) is 24.3 Å². The van der Waals surface area contributed by atoms with Gasteiger partial charge in [0.1, 0.15) is 0 Å². The average molecular weight is 476 g/mol. The van der Waals surface area contributed by atoms with Gasteiger partial charge in [-0.1, -0.05) is 60.7 Å². The number of hydrogen-bond donors (Lipinski definition) is 2. The standard InChI is InChI=1S/C23H25N3O4S.ClH/c1-18(20-10-6-3-7-11-20)24-17-21(16-19-8-4-2-5-9-19)25-31(29,30)23-14-12-22(13-15-23)26(27)28;/h2-15,18,21,24-25H,16-17H2,1H3;1H. The number of rotatable bonds is 10. The van der Waals surface area contributed by atoms with Crippen LogP contribution in [0.15, 0.2) is 89.8 Å². The molecule has 0 bridgehead atoms. The number of nitrogens with one attached hydrogen (secondary N) is 2. The van der Waals surface area contributed by atoms with Crippen molar-refractivity contribution in [3.8, 4) is 0 Å². The minimum atomic E-state index is -3.85. The zero-order chi connectivity index (χ0) is 22.3. The molecule has 0 radical (unpaired) electrons. The third-order valence-electron chi connectivity index (χ3n) is 4.97. The van der Waals surface area contributed by atoms with Crippen LogP contribution in [0, 0.1) is 10.1 Å². The summed E-state index contributed by atoms with van der Waals surface area (Å²) in [4.78, 5) is 10.3. The van der Waals surface area contributed by atoms with E-state index >= 15 is 0 Å². The molecule has 0 saturated carbocycles. The van der Waals surface area contributed by atoms with Crippen LogP contribution in [0.25, 0.3) is 0 Å². The van der Waals surface area contributed by atoms with Crippen molar-refractivity contribution in [2.24, 2.45) is 0 Å². The molecular formula is C23H26ClN3O4S. The number of sulfonamides is 1. The number of hydrogen-bond acceptors (Lipinski definition) is 5. The number of halogens is 1. The van der Waals surface area contributed by atoms with Gasteiger partial charge in [0.2, 0.25) is 10.0 Å². The molecule has 32 heavy (non-hydrogen) atoms. The molecule has 0 fully saturated rings. The first-order chi connectivity index (χ1) is 14.8. The molecule has 3 aromatic carbocycles. The molecule has 3 rings (SSSR count). The average Bonchev–Trinajstić information content (AvgIpc) is 2.78. The van der Waals surface area contributed by atoms with Crippen molar-refractivity contribution in [1.29, 1.82) is 0 Å². The number of nitrogens with zero attached hydrogens (tertiary/aromatic N) is 1. The second-order valence-electron chi connectivity index (χ2n) is 7.30. The van der Waals surface area contributed by atoms with Crippen LogP contribution in [0.5, 0.6) is 0 Å². The van der Waals surface area contributed by atoms with E-state index in [0.717, 1.165) is 11.1 Å². The Kier molecular flexibility index (Phi) is 9.34. The molecule has 170 valence electrons. The van der Waals surface area contributed by atoms with Gasteiger partial charge in [-0.15, -0.1) is 12.4 Å². The number of nitro benzene ring substituents is 1. The summed E-state index contributed by atoms with van der Waals surface area (Å²) < 4.78 is 28.6. The zero-order valence-corrected chi connectivity index (χ0v) is 19.2. The van der Waals surface area contributed by atoms with E-state index in [-0.39, 0.29) is 29.0 Å². The third kappa shape index (κ3) is 7.13. The van der Waals surface area contributed by atoms with E-state index in [4.69, 9.17) is 0 Å². The second kappa shape index (κ2) is 11.7. The summed E-state index contributed by atoms with van der Waals surface area (Å²) in [5, 5.41) is 14.2. The molecule has 2 N–H and O–H groups in total. The molecule has 2 unspecified atom stereocenters. The van der Waals surface area contributed by atoms with Crippen molar-refractivity contribution >= 4 is 28.1 Å². The van der Waals surface area contributed by atoms with Gasteiger partial charge < -0.3 is 5.32 Å². The van der Waals surface area contributed by atoms with Crippen molar-refractivity contribution < 1.29 is 13.3 Å². The third-order valence-corrected chi connectivity index (χ3v) is 6.51. The van der Waals surface area contributed by atoms with Crippen molar-refractivity contribution in [3.63, 3.8) is 0 Å². The normalized spacial score (nSPS) is 13.0. The van der Waals surface area contributed by atoms with Crippen LogP contribution in [0.3, 0.4) is 0 Å². The molecular weight excluding hydrogens is 450 g/mol. The Hall–Kier alpha value is -2.78. The predicted molar refractivity (Wildman–Crippen MR) is 127 cm³/mol. The van der Waals surface area contributed by atoms with Gasteiger partial charge in [0.25, 0.3) is 5.69 Å². The minimum absolute atomic E-state index is 0. The maximum atomic E-state index is 12.9. The minimum Gasteiger partial charge on any atom is -0.309 e. The van der Waals surface area contributed by atoms with Gasteiger partial charge in [-0.2, -0.15) is 0 Å². The fourth-order valence-electron chi connectivity index (χ4n) is 3.27. The first-order valence-electron chi connectivity index (χ1n) is 9.94. The maximum absolute atomic E-state index is 12.9. The number of nitro groups is 1. The first-order valence-corrected chi connectivity index (χ1v) is 11.4. The molecule has 0 spiro atoms. The lowest BCUT2D eigenvalue weighted by Gasteiger charge is -2.22. The van der Waals surface area contributed by atoms with Gasteiger partial charge in [-0.3, -0.25) is 10.1 Å². The van der Waals surface area contributed by atoms with Crippen LogP contribution in [0.4, 0.5) is 5.69 Å². The van der Waals surface area contributed by atoms with E-state index in [0.29, 0.717) is 13.0 Å². The molecule has 0 aliphatic carbocycles.